The van der Waals surface area contributed by atoms with E-state index in [1.165, 1.54) is 5.56 Å². The van der Waals surface area contributed by atoms with Crippen LogP contribution in [0.15, 0.2) is 64.8 Å². The van der Waals surface area contributed by atoms with Gasteiger partial charge in [-0.15, -0.1) is 0 Å². The molecule has 0 fully saturated rings. The van der Waals surface area contributed by atoms with Gasteiger partial charge in [0.2, 0.25) is 0 Å². The fourth-order valence-electron chi connectivity index (χ4n) is 2.20. The third-order valence-corrected chi connectivity index (χ3v) is 3.54. The maximum absolute atomic E-state index is 11.0. The average Bonchev–Trinajstić information content (AvgIpc) is 2.75. The van der Waals surface area contributed by atoms with Crippen molar-refractivity contribution < 1.29 is 9.90 Å². The van der Waals surface area contributed by atoms with Crippen LogP contribution in [0.1, 0.15) is 24.8 Å². The Morgan fingerprint density at radius 1 is 1.23 bits per heavy atom. The number of carboxylic acid groups (broad SMARTS) is 1. The number of aliphatic carboxylic acids is 1. The predicted octanol–water partition coefficient (Wildman–Crippen LogP) is 4.07. The summed E-state index contributed by atoms with van der Waals surface area (Å²) >= 11 is 0. The van der Waals surface area contributed by atoms with Crippen molar-refractivity contribution in [3.05, 3.63) is 65.3 Å². The minimum absolute atomic E-state index is 0.466. The van der Waals surface area contributed by atoms with Gasteiger partial charge in [-0.2, -0.15) is 5.10 Å². The molecule has 0 spiro atoms. The van der Waals surface area contributed by atoms with E-state index in [0.29, 0.717) is 24.8 Å². The predicted molar refractivity (Wildman–Crippen MR) is 90.1 cm³/mol. The van der Waals surface area contributed by atoms with E-state index in [1.807, 2.05) is 37.3 Å². The lowest BCUT2D eigenvalue weighted by atomic mass is 10.0. The first-order chi connectivity index (χ1) is 10.6. The second-order valence-electron chi connectivity index (χ2n) is 5.26. The lowest BCUT2D eigenvalue weighted by Crippen LogP contribution is -2.00. The summed E-state index contributed by atoms with van der Waals surface area (Å²) in [6.07, 6.45) is 7.26. The molecule has 0 amide bonds. The van der Waals surface area contributed by atoms with Crippen molar-refractivity contribution in [1.29, 1.82) is 0 Å². The zero-order valence-corrected chi connectivity index (χ0v) is 12.7. The second kappa shape index (κ2) is 7.41. The van der Waals surface area contributed by atoms with E-state index in [9.17, 15) is 4.79 Å². The topological polar surface area (TPSA) is 61.7 Å². The molecule has 1 aliphatic carbocycles. The fourth-order valence-corrected chi connectivity index (χ4v) is 2.20. The molecule has 0 heterocycles. The molecule has 2 N–H and O–H groups in total. The van der Waals surface area contributed by atoms with Crippen LogP contribution in [0.25, 0.3) is 0 Å². The SMILES string of the molecule is C=C(/C=N\Nc1ccc(C)cc1)C1=CCC=C(C(=O)O)CC1. The summed E-state index contributed by atoms with van der Waals surface area (Å²) in [7, 11) is 0. The minimum atomic E-state index is -0.838. The number of carbonyl (C=O) groups is 1. The second-order valence-corrected chi connectivity index (χ2v) is 5.26. The minimum Gasteiger partial charge on any atom is -0.478 e. The Balaban J connectivity index is 1.90. The zero-order chi connectivity index (χ0) is 15.9. The third kappa shape index (κ3) is 4.45. The van der Waals surface area contributed by atoms with Crippen molar-refractivity contribution in [3.8, 4) is 0 Å². The van der Waals surface area contributed by atoms with Gasteiger partial charge < -0.3 is 5.11 Å². The van der Waals surface area contributed by atoms with Gasteiger partial charge in [0.05, 0.1) is 11.9 Å². The molecule has 1 aliphatic rings. The molecular formula is C18H20N2O2. The van der Waals surface area contributed by atoms with E-state index >= 15 is 0 Å². The van der Waals surface area contributed by atoms with Gasteiger partial charge in [-0.3, -0.25) is 5.43 Å². The van der Waals surface area contributed by atoms with Crippen LogP contribution in [-0.2, 0) is 4.79 Å². The maximum atomic E-state index is 11.0. The van der Waals surface area contributed by atoms with Crippen molar-refractivity contribution in [2.75, 3.05) is 5.43 Å². The summed E-state index contributed by atoms with van der Waals surface area (Å²) < 4.78 is 0. The van der Waals surface area contributed by atoms with Crippen LogP contribution in [0.5, 0.6) is 0 Å². The number of nitrogens with one attached hydrogen (secondary N) is 1. The van der Waals surface area contributed by atoms with Gasteiger partial charge in [0.15, 0.2) is 0 Å². The highest BCUT2D eigenvalue weighted by Gasteiger charge is 2.11. The first-order valence-electron chi connectivity index (χ1n) is 7.22. The largest absolute Gasteiger partial charge is 0.478 e. The molecule has 1 aromatic rings. The van der Waals surface area contributed by atoms with Crippen LogP contribution in [0.4, 0.5) is 5.69 Å². The van der Waals surface area contributed by atoms with E-state index in [1.54, 1.807) is 12.3 Å². The molecule has 0 saturated carbocycles. The molecule has 0 saturated heterocycles. The van der Waals surface area contributed by atoms with Gasteiger partial charge in [0, 0.05) is 5.57 Å². The Hall–Kier alpha value is -2.62. The summed E-state index contributed by atoms with van der Waals surface area (Å²) in [5.41, 5.74) is 7.39. The van der Waals surface area contributed by atoms with Crippen molar-refractivity contribution >= 4 is 17.9 Å². The molecule has 22 heavy (non-hydrogen) atoms. The molecule has 0 unspecified atom stereocenters. The highest BCUT2D eigenvalue weighted by molar-refractivity contribution is 5.87. The van der Waals surface area contributed by atoms with Crippen molar-refractivity contribution in [2.24, 2.45) is 5.10 Å². The number of anilines is 1. The van der Waals surface area contributed by atoms with Gasteiger partial charge in [-0.05, 0) is 49.5 Å². The number of hydrogen-bond acceptors (Lipinski definition) is 3. The van der Waals surface area contributed by atoms with Gasteiger partial charge in [0.1, 0.15) is 0 Å². The average molecular weight is 296 g/mol. The molecule has 0 bridgehead atoms. The van der Waals surface area contributed by atoms with Gasteiger partial charge >= 0.3 is 5.97 Å². The first-order valence-corrected chi connectivity index (χ1v) is 7.22. The summed E-state index contributed by atoms with van der Waals surface area (Å²) in [6, 6.07) is 7.95. The molecule has 2 rings (SSSR count). The van der Waals surface area contributed by atoms with Crippen LogP contribution in [0.2, 0.25) is 0 Å². The maximum Gasteiger partial charge on any atom is 0.331 e. The number of aryl methyl sites for hydroxylation is 1. The highest BCUT2D eigenvalue weighted by Crippen LogP contribution is 2.22. The molecule has 0 aromatic heterocycles. The Bertz CT molecular complexity index is 652. The van der Waals surface area contributed by atoms with Crippen LogP contribution < -0.4 is 5.43 Å². The van der Waals surface area contributed by atoms with Gasteiger partial charge in [-0.1, -0.05) is 36.4 Å². The summed E-state index contributed by atoms with van der Waals surface area (Å²) in [5.74, 6) is -0.838. The van der Waals surface area contributed by atoms with E-state index in [2.05, 4.69) is 17.1 Å². The third-order valence-electron chi connectivity index (χ3n) is 3.54. The number of carboxylic acids is 1. The van der Waals surface area contributed by atoms with Gasteiger partial charge in [0.25, 0.3) is 0 Å². The highest BCUT2D eigenvalue weighted by atomic mass is 16.4. The van der Waals surface area contributed by atoms with Crippen molar-refractivity contribution in [3.63, 3.8) is 0 Å². The quantitative estimate of drug-likeness (QED) is 0.636. The number of rotatable bonds is 5. The molecule has 0 radical (unpaired) electrons. The zero-order valence-electron chi connectivity index (χ0n) is 12.7. The monoisotopic (exact) mass is 296 g/mol. The van der Waals surface area contributed by atoms with Gasteiger partial charge in [-0.25, -0.2) is 4.79 Å². The lowest BCUT2D eigenvalue weighted by molar-refractivity contribution is -0.132. The standard InChI is InChI=1S/C18H20N2O2/c1-13-6-10-17(11-7-13)20-19-12-14(2)15-4-3-5-16(9-8-15)18(21)22/h4-7,10-12,20H,2-3,8-9H2,1H3,(H,21,22)/b19-12-. The Morgan fingerprint density at radius 2 is 1.86 bits per heavy atom. The smallest absolute Gasteiger partial charge is 0.331 e. The molecule has 1 aromatic carbocycles. The molecule has 114 valence electrons. The molecular weight excluding hydrogens is 276 g/mol. The Morgan fingerprint density at radius 3 is 2.55 bits per heavy atom. The van der Waals surface area contributed by atoms with E-state index < -0.39 is 5.97 Å². The van der Waals surface area contributed by atoms with Crippen molar-refractivity contribution in [2.45, 2.75) is 26.2 Å². The lowest BCUT2D eigenvalue weighted by Gasteiger charge is -2.06. The summed E-state index contributed by atoms with van der Waals surface area (Å²) in [4.78, 5) is 11.0. The Labute approximate surface area is 130 Å². The number of hydrogen-bond donors (Lipinski definition) is 2. The first kappa shape index (κ1) is 15.8. The summed E-state index contributed by atoms with van der Waals surface area (Å²) in [6.45, 7) is 6.04. The molecule has 0 aliphatic heterocycles. The van der Waals surface area contributed by atoms with Crippen LogP contribution in [0, 0.1) is 6.92 Å². The van der Waals surface area contributed by atoms with Crippen LogP contribution >= 0.6 is 0 Å². The van der Waals surface area contributed by atoms with E-state index in [-0.39, 0.29) is 0 Å². The van der Waals surface area contributed by atoms with Crippen molar-refractivity contribution in [1.82, 2.24) is 0 Å². The Kier molecular flexibility index (Phi) is 5.31. The summed E-state index contributed by atoms with van der Waals surface area (Å²) in [5, 5.41) is 13.2. The van der Waals surface area contributed by atoms with Crippen LogP contribution in [-0.4, -0.2) is 17.3 Å². The molecule has 4 nitrogen and oxygen atoms in total. The van der Waals surface area contributed by atoms with E-state index in [4.69, 9.17) is 5.11 Å². The number of allylic oxidation sites excluding steroid dienone is 4. The molecule has 4 heteroatoms. The molecule has 0 atom stereocenters. The van der Waals surface area contributed by atoms with E-state index in [0.717, 1.165) is 16.8 Å². The number of benzene rings is 1. The number of nitrogens with zero attached hydrogens (tertiary/aromatic N) is 1. The number of hydrazone groups is 1. The van der Waals surface area contributed by atoms with Crippen LogP contribution in [0.3, 0.4) is 0 Å². The fraction of sp³-hybridized carbons (Fsp3) is 0.222. The normalized spacial score (nSPS) is 15.0.